The van der Waals surface area contributed by atoms with Crippen LogP contribution in [0.5, 0.6) is 5.75 Å². The zero-order chi connectivity index (χ0) is 11.9. The summed E-state index contributed by atoms with van der Waals surface area (Å²) >= 11 is 0. The second kappa shape index (κ2) is 4.00. The molecule has 1 aromatic carbocycles. The van der Waals surface area contributed by atoms with E-state index in [1.54, 1.807) is 0 Å². The van der Waals surface area contributed by atoms with Crippen LogP contribution in [0.1, 0.15) is 37.0 Å². The minimum absolute atomic E-state index is 0.423. The molecule has 2 unspecified atom stereocenters. The maximum absolute atomic E-state index is 10.4. The third kappa shape index (κ3) is 1.83. The second-order valence-corrected chi connectivity index (χ2v) is 5.13. The molecule has 3 rings (SSSR count). The highest BCUT2D eigenvalue weighted by Crippen LogP contribution is 2.39. The normalized spacial score (nSPS) is 28.8. The van der Waals surface area contributed by atoms with E-state index in [0.29, 0.717) is 0 Å². The molecule has 3 heteroatoms. The van der Waals surface area contributed by atoms with Gasteiger partial charge >= 0.3 is 0 Å². The number of rotatable bonds is 2. The molecular weight excluding hydrogens is 216 g/mol. The van der Waals surface area contributed by atoms with Crippen molar-refractivity contribution in [1.82, 2.24) is 0 Å². The lowest BCUT2D eigenvalue weighted by Crippen LogP contribution is -2.31. The number of benzene rings is 1. The van der Waals surface area contributed by atoms with Crippen LogP contribution in [0.15, 0.2) is 18.2 Å². The van der Waals surface area contributed by atoms with Crippen LogP contribution in [0.25, 0.3) is 0 Å². The van der Waals surface area contributed by atoms with Gasteiger partial charge in [0.25, 0.3) is 0 Å². The van der Waals surface area contributed by atoms with Crippen molar-refractivity contribution >= 4 is 0 Å². The van der Waals surface area contributed by atoms with Gasteiger partial charge in [-0.05, 0) is 43.0 Å². The molecule has 1 saturated heterocycles. The Hall–Kier alpha value is -1.06. The number of ether oxygens (including phenoxy) is 2. The molecule has 2 aliphatic heterocycles. The Labute approximate surface area is 101 Å². The SMILES string of the molecule is CC1(C(O)c2ccc3c(c2)CCO3)CCCO1. The van der Waals surface area contributed by atoms with Gasteiger partial charge in [-0.1, -0.05) is 6.07 Å². The van der Waals surface area contributed by atoms with Crippen LogP contribution < -0.4 is 4.74 Å². The van der Waals surface area contributed by atoms with Crippen LogP contribution in [0.2, 0.25) is 0 Å². The lowest BCUT2D eigenvalue weighted by molar-refractivity contribution is -0.0796. The van der Waals surface area contributed by atoms with Crippen LogP contribution in [-0.2, 0) is 11.2 Å². The molecule has 1 aromatic rings. The summed E-state index contributed by atoms with van der Waals surface area (Å²) in [5, 5.41) is 10.4. The van der Waals surface area contributed by atoms with Gasteiger partial charge < -0.3 is 14.6 Å². The van der Waals surface area contributed by atoms with Gasteiger partial charge in [0.2, 0.25) is 0 Å². The maximum Gasteiger partial charge on any atom is 0.122 e. The Kier molecular flexibility index (Phi) is 2.60. The molecule has 17 heavy (non-hydrogen) atoms. The van der Waals surface area contributed by atoms with Crippen molar-refractivity contribution < 1.29 is 14.6 Å². The highest BCUT2D eigenvalue weighted by Gasteiger charge is 2.38. The maximum atomic E-state index is 10.4. The van der Waals surface area contributed by atoms with Crippen LogP contribution in [0, 0.1) is 0 Å². The van der Waals surface area contributed by atoms with E-state index in [-0.39, 0.29) is 0 Å². The van der Waals surface area contributed by atoms with Crippen molar-refractivity contribution in [2.45, 2.75) is 37.9 Å². The van der Waals surface area contributed by atoms with Gasteiger partial charge in [0.1, 0.15) is 11.9 Å². The van der Waals surface area contributed by atoms with Crippen molar-refractivity contribution in [2.75, 3.05) is 13.2 Å². The minimum atomic E-state index is -0.545. The van der Waals surface area contributed by atoms with Crippen LogP contribution >= 0.6 is 0 Å². The first-order valence-electron chi connectivity index (χ1n) is 6.27. The topological polar surface area (TPSA) is 38.7 Å². The number of hydrogen-bond donors (Lipinski definition) is 1. The predicted molar refractivity (Wildman–Crippen MR) is 64.2 cm³/mol. The number of fused-ring (bicyclic) bond motifs is 1. The van der Waals surface area contributed by atoms with E-state index in [4.69, 9.17) is 9.47 Å². The molecule has 3 nitrogen and oxygen atoms in total. The molecule has 0 aliphatic carbocycles. The molecule has 1 N–H and O–H groups in total. The van der Waals surface area contributed by atoms with Gasteiger partial charge in [-0.2, -0.15) is 0 Å². The van der Waals surface area contributed by atoms with E-state index in [1.165, 1.54) is 5.56 Å². The average Bonchev–Trinajstić information content (AvgIpc) is 2.96. The van der Waals surface area contributed by atoms with Crippen LogP contribution in [0.4, 0.5) is 0 Å². The summed E-state index contributed by atoms with van der Waals surface area (Å²) in [5.74, 6) is 0.957. The summed E-state index contributed by atoms with van der Waals surface area (Å²) in [7, 11) is 0. The molecule has 0 amide bonds. The van der Waals surface area contributed by atoms with E-state index < -0.39 is 11.7 Å². The standard InChI is InChI=1S/C14H18O3/c1-14(6-2-7-17-14)13(15)11-3-4-12-10(9-11)5-8-16-12/h3-4,9,13,15H,2,5-8H2,1H3. The van der Waals surface area contributed by atoms with E-state index in [9.17, 15) is 5.11 Å². The highest BCUT2D eigenvalue weighted by molar-refractivity contribution is 5.41. The van der Waals surface area contributed by atoms with Gasteiger partial charge in [0, 0.05) is 13.0 Å². The van der Waals surface area contributed by atoms with Crippen molar-refractivity contribution in [2.24, 2.45) is 0 Å². The molecule has 0 radical (unpaired) electrons. The summed E-state index contributed by atoms with van der Waals surface area (Å²) in [5.41, 5.74) is 1.72. The first kappa shape index (κ1) is 11.1. The van der Waals surface area contributed by atoms with E-state index in [2.05, 4.69) is 6.07 Å². The minimum Gasteiger partial charge on any atom is -0.493 e. The fourth-order valence-electron chi connectivity index (χ4n) is 2.75. The molecule has 0 aromatic heterocycles. The van der Waals surface area contributed by atoms with Crippen LogP contribution in [-0.4, -0.2) is 23.9 Å². The average molecular weight is 234 g/mol. The first-order valence-corrected chi connectivity index (χ1v) is 6.27. The number of hydrogen-bond acceptors (Lipinski definition) is 3. The van der Waals surface area contributed by atoms with Crippen molar-refractivity contribution in [1.29, 1.82) is 0 Å². The summed E-state index contributed by atoms with van der Waals surface area (Å²) in [6, 6.07) is 5.96. The smallest absolute Gasteiger partial charge is 0.122 e. The van der Waals surface area contributed by atoms with Crippen molar-refractivity contribution in [3.05, 3.63) is 29.3 Å². The quantitative estimate of drug-likeness (QED) is 0.852. The summed E-state index contributed by atoms with van der Waals surface area (Å²) in [6.07, 6.45) is 2.34. The van der Waals surface area contributed by atoms with Gasteiger partial charge in [-0.15, -0.1) is 0 Å². The highest BCUT2D eigenvalue weighted by atomic mass is 16.5. The van der Waals surface area contributed by atoms with Crippen molar-refractivity contribution in [3.63, 3.8) is 0 Å². The Morgan fingerprint density at radius 2 is 2.24 bits per heavy atom. The lowest BCUT2D eigenvalue weighted by atomic mass is 9.89. The van der Waals surface area contributed by atoms with Gasteiger partial charge in [-0.3, -0.25) is 0 Å². The molecule has 0 spiro atoms. The Bertz CT molecular complexity index is 421. The lowest BCUT2D eigenvalue weighted by Gasteiger charge is -2.29. The zero-order valence-corrected chi connectivity index (χ0v) is 10.1. The van der Waals surface area contributed by atoms with Gasteiger partial charge in [0.05, 0.1) is 12.2 Å². The van der Waals surface area contributed by atoms with E-state index in [0.717, 1.165) is 43.8 Å². The molecule has 92 valence electrons. The summed E-state index contributed by atoms with van der Waals surface area (Å²) in [4.78, 5) is 0. The molecular formula is C14H18O3. The van der Waals surface area contributed by atoms with Gasteiger partial charge in [0.15, 0.2) is 0 Å². The second-order valence-electron chi connectivity index (χ2n) is 5.13. The molecule has 0 saturated carbocycles. The Balaban J connectivity index is 1.88. The molecule has 2 aliphatic rings. The molecule has 0 bridgehead atoms. The largest absolute Gasteiger partial charge is 0.493 e. The van der Waals surface area contributed by atoms with Crippen molar-refractivity contribution in [3.8, 4) is 5.75 Å². The van der Waals surface area contributed by atoms with E-state index in [1.807, 2.05) is 19.1 Å². The third-order valence-corrected chi connectivity index (χ3v) is 3.86. The molecule has 1 fully saturated rings. The molecule has 2 heterocycles. The number of aliphatic hydroxyl groups excluding tert-OH is 1. The summed E-state index contributed by atoms with van der Waals surface area (Å²) < 4.78 is 11.2. The zero-order valence-electron chi connectivity index (χ0n) is 10.1. The monoisotopic (exact) mass is 234 g/mol. The Morgan fingerprint density at radius 3 is 3.00 bits per heavy atom. The van der Waals surface area contributed by atoms with Gasteiger partial charge in [-0.25, -0.2) is 0 Å². The fraction of sp³-hybridized carbons (Fsp3) is 0.571. The Morgan fingerprint density at radius 1 is 1.35 bits per heavy atom. The molecule has 2 atom stereocenters. The van der Waals surface area contributed by atoms with E-state index >= 15 is 0 Å². The first-order chi connectivity index (χ1) is 8.19. The van der Waals surface area contributed by atoms with Crippen LogP contribution in [0.3, 0.4) is 0 Å². The fourth-order valence-corrected chi connectivity index (χ4v) is 2.75. The third-order valence-electron chi connectivity index (χ3n) is 3.86. The number of aliphatic hydroxyl groups is 1. The summed E-state index contributed by atoms with van der Waals surface area (Å²) in [6.45, 7) is 3.50. The predicted octanol–water partition coefficient (Wildman–Crippen LogP) is 2.22.